The predicted molar refractivity (Wildman–Crippen MR) is 124 cm³/mol. The fraction of sp³-hybridized carbons (Fsp3) is 0.360. The molecule has 8 heteroatoms. The van der Waals surface area contributed by atoms with Gasteiger partial charge < -0.3 is 28.4 Å². The number of amides is 1. The van der Waals surface area contributed by atoms with E-state index in [1.54, 1.807) is 18.1 Å². The molecule has 1 saturated heterocycles. The van der Waals surface area contributed by atoms with Gasteiger partial charge in [-0.2, -0.15) is 0 Å². The van der Waals surface area contributed by atoms with Crippen LogP contribution in [0.3, 0.4) is 0 Å². The summed E-state index contributed by atoms with van der Waals surface area (Å²) in [5, 5.41) is 0.805. The number of benzene rings is 2. The quantitative estimate of drug-likeness (QED) is 0.484. The monoisotopic (exact) mass is 452 g/mol. The molecule has 174 valence electrons. The number of fused-ring (bicyclic) bond motifs is 1. The van der Waals surface area contributed by atoms with Crippen LogP contribution in [0.25, 0.3) is 11.0 Å². The fourth-order valence-corrected chi connectivity index (χ4v) is 3.90. The Kier molecular flexibility index (Phi) is 7.14. The first-order valence-corrected chi connectivity index (χ1v) is 11.0. The lowest BCUT2D eigenvalue weighted by molar-refractivity contribution is -0.134. The molecule has 0 bridgehead atoms. The molecule has 0 unspecified atom stereocenters. The highest BCUT2D eigenvalue weighted by Crippen LogP contribution is 2.27. The van der Waals surface area contributed by atoms with Crippen molar-refractivity contribution in [3.63, 3.8) is 0 Å². The third-order valence-electron chi connectivity index (χ3n) is 5.73. The lowest BCUT2D eigenvalue weighted by Crippen LogP contribution is -2.49. The predicted octanol–water partition coefficient (Wildman–Crippen LogP) is 3.48. The van der Waals surface area contributed by atoms with E-state index in [9.17, 15) is 9.59 Å². The molecule has 8 nitrogen and oxygen atoms in total. The van der Waals surface area contributed by atoms with E-state index >= 15 is 0 Å². The van der Waals surface area contributed by atoms with Gasteiger partial charge in [-0.05, 0) is 37.3 Å². The normalized spacial score (nSPS) is 13.9. The number of esters is 1. The number of hydrogen-bond acceptors (Lipinski definition) is 7. The third-order valence-corrected chi connectivity index (χ3v) is 5.73. The number of piperazine rings is 1. The number of methoxy groups -OCH3 is 1. The lowest BCUT2D eigenvalue weighted by atomic mass is 10.1. The second kappa shape index (κ2) is 10.4. The number of carbonyl (C=O) groups excluding carboxylic acids is 2. The van der Waals surface area contributed by atoms with Gasteiger partial charge in [-0.25, -0.2) is 4.79 Å². The minimum atomic E-state index is -0.661. The van der Waals surface area contributed by atoms with Crippen molar-refractivity contribution >= 4 is 28.5 Å². The number of hydrogen-bond donors (Lipinski definition) is 0. The lowest BCUT2D eigenvalue weighted by Gasteiger charge is -2.36. The number of rotatable bonds is 8. The smallest absolute Gasteiger partial charge is 0.375 e. The van der Waals surface area contributed by atoms with Gasteiger partial charge in [0.1, 0.15) is 11.3 Å². The van der Waals surface area contributed by atoms with Gasteiger partial charge in [0, 0.05) is 49.4 Å². The van der Waals surface area contributed by atoms with Gasteiger partial charge in [0.05, 0.1) is 13.7 Å². The van der Waals surface area contributed by atoms with Crippen LogP contribution in [-0.4, -0.2) is 63.3 Å². The molecule has 1 aromatic heterocycles. The van der Waals surface area contributed by atoms with Crippen molar-refractivity contribution in [2.75, 3.05) is 51.4 Å². The minimum Gasteiger partial charge on any atom is -0.497 e. The Bertz CT molecular complexity index is 1100. The second-order valence-corrected chi connectivity index (χ2v) is 7.69. The molecular weight excluding hydrogens is 424 g/mol. The van der Waals surface area contributed by atoms with E-state index in [1.165, 1.54) is 0 Å². The molecule has 4 rings (SSSR count). The fourth-order valence-electron chi connectivity index (χ4n) is 3.90. The van der Waals surface area contributed by atoms with E-state index in [0.717, 1.165) is 16.8 Å². The highest BCUT2D eigenvalue weighted by Gasteiger charge is 2.25. The first kappa shape index (κ1) is 22.7. The maximum Gasteiger partial charge on any atom is 0.375 e. The molecule has 0 atom stereocenters. The largest absolute Gasteiger partial charge is 0.497 e. The first-order chi connectivity index (χ1) is 16.1. The second-order valence-electron chi connectivity index (χ2n) is 7.69. The molecule has 2 aromatic carbocycles. The van der Waals surface area contributed by atoms with Gasteiger partial charge in [0.25, 0.3) is 5.91 Å². The minimum absolute atomic E-state index is 0.0850. The zero-order chi connectivity index (χ0) is 23.2. The Morgan fingerprint density at radius 1 is 1.00 bits per heavy atom. The zero-order valence-corrected chi connectivity index (χ0v) is 18.9. The van der Waals surface area contributed by atoms with E-state index in [0.29, 0.717) is 43.9 Å². The Morgan fingerprint density at radius 2 is 1.73 bits per heavy atom. The van der Waals surface area contributed by atoms with Gasteiger partial charge in [-0.3, -0.25) is 4.79 Å². The van der Waals surface area contributed by atoms with Crippen molar-refractivity contribution < 1.29 is 28.2 Å². The van der Waals surface area contributed by atoms with Crippen LogP contribution in [0.15, 0.2) is 52.9 Å². The number of furan rings is 1. The standard InChI is InChI=1S/C25H28N2O6/c1-3-31-16-21-20-6-4-5-7-22(20)33-24(21)25(29)32-17-23(28)27-14-12-26(13-15-27)18-8-10-19(30-2)11-9-18/h4-11H,3,12-17H2,1-2H3. The van der Waals surface area contributed by atoms with Crippen LogP contribution >= 0.6 is 0 Å². The van der Waals surface area contributed by atoms with Crippen molar-refractivity contribution in [2.24, 2.45) is 0 Å². The van der Waals surface area contributed by atoms with E-state index in [-0.39, 0.29) is 24.9 Å². The number of anilines is 1. The van der Waals surface area contributed by atoms with Crippen LogP contribution in [0.5, 0.6) is 5.75 Å². The Hall–Kier alpha value is -3.52. The molecule has 0 saturated carbocycles. The Balaban J connectivity index is 1.33. The van der Waals surface area contributed by atoms with Crippen molar-refractivity contribution in [1.29, 1.82) is 0 Å². The average molecular weight is 453 g/mol. The molecule has 1 fully saturated rings. The number of ether oxygens (including phenoxy) is 3. The molecule has 0 N–H and O–H groups in total. The average Bonchev–Trinajstić information content (AvgIpc) is 3.24. The van der Waals surface area contributed by atoms with Gasteiger partial charge in [0.15, 0.2) is 6.61 Å². The Labute approximate surface area is 192 Å². The maximum atomic E-state index is 12.7. The van der Waals surface area contributed by atoms with Gasteiger partial charge in [0.2, 0.25) is 5.76 Å². The summed E-state index contributed by atoms with van der Waals surface area (Å²) in [6, 6.07) is 15.2. The topological polar surface area (TPSA) is 81.5 Å². The van der Waals surface area contributed by atoms with Crippen LogP contribution in [0, 0.1) is 0 Å². The SMILES string of the molecule is CCOCc1c(C(=O)OCC(=O)N2CCN(c3ccc(OC)cc3)CC2)oc2ccccc12. The Morgan fingerprint density at radius 3 is 2.42 bits per heavy atom. The number of carbonyl (C=O) groups is 2. The first-order valence-electron chi connectivity index (χ1n) is 11.0. The van der Waals surface area contributed by atoms with Gasteiger partial charge in [-0.1, -0.05) is 18.2 Å². The molecule has 1 aliphatic heterocycles. The highest BCUT2D eigenvalue weighted by atomic mass is 16.5. The van der Waals surface area contributed by atoms with E-state index < -0.39 is 5.97 Å². The summed E-state index contributed by atoms with van der Waals surface area (Å²) in [7, 11) is 1.64. The summed E-state index contributed by atoms with van der Waals surface area (Å²) in [4.78, 5) is 29.3. The number of para-hydroxylation sites is 1. The van der Waals surface area contributed by atoms with Crippen molar-refractivity contribution in [1.82, 2.24) is 4.90 Å². The summed E-state index contributed by atoms with van der Waals surface area (Å²) >= 11 is 0. The van der Waals surface area contributed by atoms with E-state index in [2.05, 4.69) is 4.90 Å². The van der Waals surface area contributed by atoms with E-state index in [4.69, 9.17) is 18.6 Å². The van der Waals surface area contributed by atoms with Crippen molar-refractivity contribution in [3.05, 3.63) is 59.9 Å². The van der Waals surface area contributed by atoms with Crippen LogP contribution < -0.4 is 9.64 Å². The van der Waals surface area contributed by atoms with E-state index in [1.807, 2.05) is 49.4 Å². The van der Waals surface area contributed by atoms with Gasteiger partial charge >= 0.3 is 5.97 Å². The van der Waals surface area contributed by atoms with Crippen LogP contribution in [0.2, 0.25) is 0 Å². The summed E-state index contributed by atoms with van der Waals surface area (Å²) in [6.45, 7) is 4.82. The zero-order valence-electron chi connectivity index (χ0n) is 18.9. The molecular formula is C25H28N2O6. The van der Waals surface area contributed by atoms with Crippen molar-refractivity contribution in [2.45, 2.75) is 13.5 Å². The summed E-state index contributed by atoms with van der Waals surface area (Å²) in [6.07, 6.45) is 0. The van der Waals surface area contributed by atoms with Gasteiger partial charge in [-0.15, -0.1) is 0 Å². The maximum absolute atomic E-state index is 12.7. The molecule has 0 aliphatic carbocycles. The summed E-state index contributed by atoms with van der Waals surface area (Å²) in [5.74, 6) is 0.0105. The summed E-state index contributed by atoms with van der Waals surface area (Å²) < 4.78 is 21.7. The molecule has 0 spiro atoms. The molecule has 33 heavy (non-hydrogen) atoms. The molecule has 1 amide bonds. The van der Waals surface area contributed by atoms with Crippen molar-refractivity contribution in [3.8, 4) is 5.75 Å². The number of nitrogens with zero attached hydrogens (tertiary/aromatic N) is 2. The highest BCUT2D eigenvalue weighted by molar-refractivity contribution is 5.96. The molecule has 1 aliphatic rings. The van der Waals surface area contributed by atoms with Crippen LogP contribution in [-0.2, 0) is 20.9 Å². The molecule has 3 aromatic rings. The van der Waals surface area contributed by atoms with Crippen LogP contribution in [0.4, 0.5) is 5.69 Å². The third kappa shape index (κ3) is 5.12. The molecule has 0 radical (unpaired) electrons. The van der Waals surface area contributed by atoms with Crippen LogP contribution in [0.1, 0.15) is 23.0 Å². The summed E-state index contributed by atoms with van der Waals surface area (Å²) in [5.41, 5.74) is 2.30. The molecule has 2 heterocycles.